The highest BCUT2D eigenvalue weighted by Gasteiger charge is 2.32. The summed E-state index contributed by atoms with van der Waals surface area (Å²) in [7, 11) is -3.33. The van der Waals surface area contributed by atoms with Gasteiger partial charge in [0.25, 0.3) is 0 Å². The molecule has 0 bridgehead atoms. The first-order valence-corrected chi connectivity index (χ1v) is 10.1. The van der Waals surface area contributed by atoms with Crippen molar-refractivity contribution in [2.24, 2.45) is 0 Å². The molecule has 0 aliphatic carbocycles. The Morgan fingerprint density at radius 2 is 2.00 bits per heavy atom. The third-order valence-corrected chi connectivity index (χ3v) is 6.24. The van der Waals surface area contributed by atoms with Crippen molar-refractivity contribution >= 4 is 26.0 Å². The van der Waals surface area contributed by atoms with E-state index in [2.05, 4.69) is 20.9 Å². The number of aryl methyl sites for hydroxylation is 1. The molecule has 5 nitrogen and oxygen atoms in total. The first kappa shape index (κ1) is 17.4. The number of nitrogens with zero attached hydrogens (tertiary/aromatic N) is 2. The van der Waals surface area contributed by atoms with Crippen LogP contribution < -0.4 is 4.74 Å². The summed E-state index contributed by atoms with van der Waals surface area (Å²) < 4.78 is 33.3. The Labute approximate surface area is 150 Å². The first-order valence-electron chi connectivity index (χ1n) is 7.74. The summed E-state index contributed by atoms with van der Waals surface area (Å²) in [5.41, 5.74) is 1.92. The maximum Gasteiger partial charge on any atom is 0.218 e. The van der Waals surface area contributed by atoms with Crippen LogP contribution in [-0.4, -0.2) is 36.9 Å². The lowest BCUT2D eigenvalue weighted by Gasteiger charge is -2.17. The van der Waals surface area contributed by atoms with Gasteiger partial charge >= 0.3 is 0 Å². The van der Waals surface area contributed by atoms with Gasteiger partial charge < -0.3 is 4.74 Å². The maximum absolute atomic E-state index is 12.6. The molecule has 1 unspecified atom stereocenters. The predicted molar refractivity (Wildman–Crippen MR) is 96.3 cm³/mol. The predicted octanol–water partition coefficient (Wildman–Crippen LogP) is 3.14. The Morgan fingerprint density at radius 1 is 1.25 bits per heavy atom. The first-order chi connectivity index (χ1) is 11.4. The van der Waals surface area contributed by atoms with Crippen LogP contribution in [0, 0.1) is 6.92 Å². The van der Waals surface area contributed by atoms with E-state index in [1.165, 1.54) is 4.31 Å². The third kappa shape index (κ3) is 4.34. The van der Waals surface area contributed by atoms with Crippen molar-refractivity contribution < 1.29 is 13.2 Å². The minimum atomic E-state index is -3.33. The molecule has 128 valence electrons. The maximum atomic E-state index is 12.6. The molecule has 0 saturated carbocycles. The Bertz CT molecular complexity index is 792. The van der Waals surface area contributed by atoms with Gasteiger partial charge in [-0.15, -0.1) is 0 Å². The molecule has 2 aromatic rings. The van der Waals surface area contributed by atoms with Gasteiger partial charge in [0.15, 0.2) is 0 Å². The molecule has 1 saturated heterocycles. The summed E-state index contributed by atoms with van der Waals surface area (Å²) in [6.07, 6.45) is 2.17. The number of halogens is 1. The fraction of sp³-hybridized carbons (Fsp3) is 0.353. The SMILES string of the molecule is Cc1ccc(CS(=O)(=O)N2CCC(Oc3ccc(Br)cn3)C2)cc1. The highest BCUT2D eigenvalue weighted by molar-refractivity contribution is 9.10. The minimum absolute atomic E-state index is 0.0243. The van der Waals surface area contributed by atoms with E-state index in [9.17, 15) is 8.42 Å². The molecule has 1 fully saturated rings. The van der Waals surface area contributed by atoms with Crippen LogP contribution in [0.1, 0.15) is 17.5 Å². The number of ether oxygens (including phenoxy) is 1. The Morgan fingerprint density at radius 3 is 2.67 bits per heavy atom. The molecule has 1 aliphatic rings. The second-order valence-corrected chi connectivity index (χ2v) is 8.83. The fourth-order valence-corrected chi connectivity index (χ4v) is 4.44. The molecule has 1 aliphatic heterocycles. The zero-order chi connectivity index (χ0) is 17.2. The third-order valence-electron chi connectivity index (χ3n) is 3.96. The van der Waals surface area contributed by atoms with E-state index < -0.39 is 10.0 Å². The molecule has 1 aromatic heterocycles. The van der Waals surface area contributed by atoms with Crippen LogP contribution in [0.5, 0.6) is 5.88 Å². The number of hydrogen-bond donors (Lipinski definition) is 0. The largest absolute Gasteiger partial charge is 0.473 e. The Hall–Kier alpha value is -1.44. The molecular weight excluding hydrogens is 392 g/mol. The van der Waals surface area contributed by atoms with Crippen molar-refractivity contribution in [1.82, 2.24) is 9.29 Å². The molecule has 0 radical (unpaired) electrons. The van der Waals surface area contributed by atoms with Gasteiger partial charge in [0, 0.05) is 23.3 Å². The summed E-state index contributed by atoms with van der Waals surface area (Å²) >= 11 is 3.32. The molecule has 1 aromatic carbocycles. The van der Waals surface area contributed by atoms with Crippen LogP contribution in [0.4, 0.5) is 0 Å². The van der Waals surface area contributed by atoms with E-state index in [1.54, 1.807) is 12.3 Å². The Kier molecular flexibility index (Phi) is 5.22. The van der Waals surface area contributed by atoms with Gasteiger partial charge in [-0.3, -0.25) is 0 Å². The summed E-state index contributed by atoms with van der Waals surface area (Å²) in [6, 6.07) is 11.2. The zero-order valence-electron chi connectivity index (χ0n) is 13.4. The van der Waals surface area contributed by atoms with E-state index in [1.807, 2.05) is 37.3 Å². The van der Waals surface area contributed by atoms with Crippen LogP contribution in [-0.2, 0) is 15.8 Å². The number of rotatable bonds is 5. The molecule has 2 heterocycles. The molecular formula is C17H19BrN2O3S. The summed E-state index contributed by atoms with van der Waals surface area (Å²) in [6.45, 7) is 2.83. The monoisotopic (exact) mass is 410 g/mol. The van der Waals surface area contributed by atoms with Gasteiger partial charge in [0.1, 0.15) is 6.10 Å². The smallest absolute Gasteiger partial charge is 0.218 e. The standard InChI is InChI=1S/C17H19BrN2O3S/c1-13-2-4-14(5-3-13)12-24(21,22)20-9-8-16(11-20)23-17-7-6-15(18)10-19-17/h2-7,10,16H,8-9,11-12H2,1H3. The van der Waals surface area contributed by atoms with E-state index in [0.717, 1.165) is 15.6 Å². The van der Waals surface area contributed by atoms with Crippen molar-refractivity contribution in [2.45, 2.75) is 25.2 Å². The zero-order valence-corrected chi connectivity index (χ0v) is 15.8. The number of sulfonamides is 1. The molecule has 3 rings (SSSR count). The number of pyridine rings is 1. The summed E-state index contributed by atoms with van der Waals surface area (Å²) in [5.74, 6) is 0.539. The van der Waals surface area contributed by atoms with E-state index >= 15 is 0 Å². The van der Waals surface area contributed by atoms with Crippen LogP contribution in [0.25, 0.3) is 0 Å². The van der Waals surface area contributed by atoms with Gasteiger partial charge in [-0.1, -0.05) is 29.8 Å². The summed E-state index contributed by atoms with van der Waals surface area (Å²) in [4.78, 5) is 4.17. The highest BCUT2D eigenvalue weighted by atomic mass is 79.9. The summed E-state index contributed by atoms with van der Waals surface area (Å²) in [5, 5.41) is 0. The minimum Gasteiger partial charge on any atom is -0.473 e. The second kappa shape index (κ2) is 7.21. The quantitative estimate of drug-likeness (QED) is 0.759. The van der Waals surface area contributed by atoms with Gasteiger partial charge in [0.05, 0.1) is 12.3 Å². The van der Waals surface area contributed by atoms with Gasteiger partial charge in [-0.25, -0.2) is 13.4 Å². The van der Waals surface area contributed by atoms with E-state index in [4.69, 9.17) is 4.74 Å². The number of hydrogen-bond acceptors (Lipinski definition) is 4. The molecule has 0 spiro atoms. The lowest BCUT2D eigenvalue weighted by Crippen LogP contribution is -2.32. The van der Waals surface area contributed by atoms with Crippen molar-refractivity contribution in [3.05, 3.63) is 58.2 Å². The molecule has 0 N–H and O–H groups in total. The lowest BCUT2D eigenvalue weighted by atomic mass is 10.2. The average molecular weight is 411 g/mol. The van der Waals surface area contributed by atoms with Gasteiger partial charge in [0.2, 0.25) is 15.9 Å². The van der Waals surface area contributed by atoms with Gasteiger partial charge in [-0.05, 0) is 40.9 Å². The lowest BCUT2D eigenvalue weighted by molar-refractivity contribution is 0.207. The van der Waals surface area contributed by atoms with Crippen molar-refractivity contribution in [3.8, 4) is 5.88 Å². The second-order valence-electron chi connectivity index (χ2n) is 5.94. The van der Waals surface area contributed by atoms with Crippen LogP contribution in [0.3, 0.4) is 0 Å². The highest BCUT2D eigenvalue weighted by Crippen LogP contribution is 2.22. The fourth-order valence-electron chi connectivity index (χ4n) is 2.64. The molecule has 24 heavy (non-hydrogen) atoms. The van der Waals surface area contributed by atoms with Crippen LogP contribution >= 0.6 is 15.9 Å². The molecule has 1 atom stereocenters. The normalized spacial score (nSPS) is 18.7. The Balaban J connectivity index is 1.61. The van der Waals surface area contributed by atoms with Crippen molar-refractivity contribution in [2.75, 3.05) is 13.1 Å². The molecule has 0 amide bonds. The van der Waals surface area contributed by atoms with Gasteiger partial charge in [-0.2, -0.15) is 4.31 Å². The molecule has 7 heteroatoms. The van der Waals surface area contributed by atoms with Crippen molar-refractivity contribution in [1.29, 1.82) is 0 Å². The average Bonchev–Trinajstić information content (AvgIpc) is 3.01. The van der Waals surface area contributed by atoms with E-state index in [0.29, 0.717) is 25.4 Å². The van der Waals surface area contributed by atoms with Crippen LogP contribution in [0.2, 0.25) is 0 Å². The van der Waals surface area contributed by atoms with Crippen molar-refractivity contribution in [3.63, 3.8) is 0 Å². The topological polar surface area (TPSA) is 59.5 Å². The number of benzene rings is 1. The van der Waals surface area contributed by atoms with Crippen LogP contribution in [0.15, 0.2) is 47.1 Å². The number of aromatic nitrogens is 1. The van der Waals surface area contributed by atoms with E-state index in [-0.39, 0.29) is 11.9 Å².